The Balaban J connectivity index is 1.99. The predicted molar refractivity (Wildman–Crippen MR) is 83.2 cm³/mol. The van der Waals surface area contributed by atoms with Crippen LogP contribution >= 0.6 is 0 Å². The minimum Gasteiger partial charge on any atom is -0.368 e. The lowest BCUT2D eigenvalue weighted by Gasteiger charge is -2.18. The molecule has 0 bridgehead atoms. The van der Waals surface area contributed by atoms with Gasteiger partial charge in [0, 0.05) is 39.3 Å². The van der Waals surface area contributed by atoms with Crippen molar-refractivity contribution in [1.82, 2.24) is 24.7 Å². The highest BCUT2D eigenvalue weighted by atomic mass is 15.3. The van der Waals surface area contributed by atoms with Crippen LogP contribution in [-0.2, 0) is 13.5 Å². The van der Waals surface area contributed by atoms with Crippen LogP contribution in [-0.4, -0.2) is 44.4 Å². The van der Waals surface area contributed by atoms with Crippen LogP contribution < -0.4 is 16.0 Å². The lowest BCUT2D eigenvalue weighted by molar-refractivity contribution is 0.741. The number of nitrogens with one attached hydrogen (secondary N) is 1. The van der Waals surface area contributed by atoms with E-state index in [1.165, 1.54) is 0 Å². The smallest absolute Gasteiger partial charge is 0.231 e. The number of nitrogen functional groups attached to an aromatic ring is 1. The van der Waals surface area contributed by atoms with Crippen molar-refractivity contribution in [2.45, 2.75) is 20.3 Å². The fraction of sp³-hybridized carbons (Fsp3) is 0.538. The Morgan fingerprint density at radius 1 is 1.24 bits per heavy atom. The first-order valence-electron chi connectivity index (χ1n) is 7.11. The fourth-order valence-electron chi connectivity index (χ4n) is 2.01. The van der Waals surface area contributed by atoms with Crippen LogP contribution in [0.2, 0.25) is 0 Å². The number of aryl methyl sites for hydroxylation is 1. The number of nitrogens with two attached hydrogens (primary N) is 1. The van der Waals surface area contributed by atoms with Crippen molar-refractivity contribution < 1.29 is 0 Å². The van der Waals surface area contributed by atoms with E-state index in [4.69, 9.17) is 5.73 Å². The summed E-state index contributed by atoms with van der Waals surface area (Å²) in [6.45, 7) is 6.45. The molecule has 2 aromatic rings. The van der Waals surface area contributed by atoms with Crippen LogP contribution in [0.1, 0.15) is 19.5 Å². The second kappa shape index (κ2) is 6.87. The topological polar surface area (TPSA) is 97.8 Å². The van der Waals surface area contributed by atoms with Gasteiger partial charge in [-0.1, -0.05) is 0 Å². The van der Waals surface area contributed by atoms with Gasteiger partial charge in [-0.15, -0.1) is 0 Å². The molecule has 0 saturated carbocycles. The van der Waals surface area contributed by atoms with Gasteiger partial charge < -0.3 is 16.0 Å². The molecule has 2 aromatic heterocycles. The van der Waals surface area contributed by atoms with E-state index in [1.54, 1.807) is 4.68 Å². The highest BCUT2D eigenvalue weighted by Gasteiger charge is 2.09. The average molecular weight is 290 g/mol. The molecule has 8 heteroatoms. The molecule has 3 N–H and O–H groups in total. The van der Waals surface area contributed by atoms with Crippen molar-refractivity contribution in [3.8, 4) is 0 Å². The molecule has 0 aliphatic heterocycles. The third-order valence-corrected chi connectivity index (χ3v) is 3.12. The number of aromatic nitrogens is 5. The van der Waals surface area contributed by atoms with Crippen molar-refractivity contribution in [1.29, 1.82) is 0 Å². The van der Waals surface area contributed by atoms with Crippen LogP contribution in [0.4, 0.5) is 17.8 Å². The van der Waals surface area contributed by atoms with E-state index in [0.717, 1.165) is 25.2 Å². The maximum atomic E-state index is 5.75. The van der Waals surface area contributed by atoms with E-state index in [0.29, 0.717) is 18.4 Å². The van der Waals surface area contributed by atoms with Gasteiger partial charge in [0.15, 0.2) is 0 Å². The number of hydrogen-bond acceptors (Lipinski definition) is 7. The van der Waals surface area contributed by atoms with E-state index in [-0.39, 0.29) is 5.95 Å². The van der Waals surface area contributed by atoms with Crippen LogP contribution in [0.5, 0.6) is 0 Å². The third-order valence-electron chi connectivity index (χ3n) is 3.12. The first-order chi connectivity index (χ1) is 10.1. The van der Waals surface area contributed by atoms with Gasteiger partial charge in [0.25, 0.3) is 0 Å². The van der Waals surface area contributed by atoms with Crippen LogP contribution in [0.3, 0.4) is 0 Å². The van der Waals surface area contributed by atoms with Gasteiger partial charge in [0.2, 0.25) is 17.8 Å². The number of hydrogen-bond donors (Lipinski definition) is 2. The number of rotatable bonds is 7. The highest BCUT2D eigenvalue weighted by molar-refractivity contribution is 5.41. The van der Waals surface area contributed by atoms with Gasteiger partial charge in [0.05, 0.1) is 5.69 Å². The van der Waals surface area contributed by atoms with Crippen LogP contribution in [0.15, 0.2) is 12.3 Å². The highest BCUT2D eigenvalue weighted by Crippen LogP contribution is 2.11. The summed E-state index contributed by atoms with van der Waals surface area (Å²) in [5, 5.41) is 7.49. The van der Waals surface area contributed by atoms with E-state index in [2.05, 4.69) is 39.2 Å². The summed E-state index contributed by atoms with van der Waals surface area (Å²) < 4.78 is 1.79. The molecular formula is C13H22N8. The molecular weight excluding hydrogens is 268 g/mol. The molecule has 0 amide bonds. The Bertz CT molecular complexity index is 575. The average Bonchev–Trinajstić information content (AvgIpc) is 2.85. The Morgan fingerprint density at radius 3 is 2.62 bits per heavy atom. The minimum atomic E-state index is 0.229. The molecule has 2 rings (SSSR count). The quantitative estimate of drug-likeness (QED) is 0.774. The SMILES string of the molecule is CCN(CC)c1nc(N)nc(NCCc2ccn(C)n2)n1. The monoisotopic (exact) mass is 290 g/mol. The maximum absolute atomic E-state index is 5.75. The van der Waals surface area contributed by atoms with Gasteiger partial charge in [-0.05, 0) is 19.9 Å². The molecule has 0 aliphatic carbocycles. The molecule has 0 saturated heterocycles. The summed E-state index contributed by atoms with van der Waals surface area (Å²) in [5.74, 6) is 1.33. The van der Waals surface area contributed by atoms with Gasteiger partial charge in [0.1, 0.15) is 0 Å². The first-order valence-corrected chi connectivity index (χ1v) is 7.11. The molecule has 0 unspecified atom stereocenters. The fourth-order valence-corrected chi connectivity index (χ4v) is 2.01. The molecule has 0 atom stereocenters. The van der Waals surface area contributed by atoms with E-state index < -0.39 is 0 Å². The molecule has 21 heavy (non-hydrogen) atoms. The standard InChI is InChI=1S/C13H22N8/c1-4-21(5-2)13-17-11(14)16-12(18-13)15-8-6-10-7-9-20(3)19-10/h7,9H,4-6,8H2,1-3H3,(H3,14,15,16,17,18). The van der Waals surface area contributed by atoms with Crippen molar-refractivity contribution in [2.75, 3.05) is 35.6 Å². The summed E-state index contributed by atoms with van der Waals surface area (Å²) >= 11 is 0. The molecule has 114 valence electrons. The Hall–Kier alpha value is -2.38. The summed E-state index contributed by atoms with van der Waals surface area (Å²) in [6.07, 6.45) is 2.72. The largest absolute Gasteiger partial charge is 0.368 e. The van der Waals surface area contributed by atoms with Crippen molar-refractivity contribution in [2.24, 2.45) is 7.05 Å². The molecule has 0 fully saturated rings. The Kier molecular flexibility index (Phi) is 4.91. The number of nitrogens with zero attached hydrogens (tertiary/aromatic N) is 6. The second-order valence-electron chi connectivity index (χ2n) is 4.65. The van der Waals surface area contributed by atoms with E-state index >= 15 is 0 Å². The van der Waals surface area contributed by atoms with Gasteiger partial charge >= 0.3 is 0 Å². The lowest BCUT2D eigenvalue weighted by Crippen LogP contribution is -2.25. The molecule has 2 heterocycles. The summed E-state index contributed by atoms with van der Waals surface area (Å²) in [4.78, 5) is 14.7. The predicted octanol–water partition coefficient (Wildman–Crippen LogP) is 0.688. The van der Waals surface area contributed by atoms with Gasteiger partial charge in [-0.25, -0.2) is 0 Å². The lowest BCUT2D eigenvalue weighted by atomic mass is 10.3. The normalized spacial score (nSPS) is 10.6. The summed E-state index contributed by atoms with van der Waals surface area (Å²) in [5.41, 5.74) is 6.77. The van der Waals surface area contributed by atoms with Crippen molar-refractivity contribution >= 4 is 17.8 Å². The molecule has 0 aromatic carbocycles. The molecule has 0 radical (unpaired) electrons. The zero-order chi connectivity index (χ0) is 15.2. The molecule has 0 spiro atoms. The zero-order valence-electron chi connectivity index (χ0n) is 12.7. The van der Waals surface area contributed by atoms with Crippen molar-refractivity contribution in [3.05, 3.63) is 18.0 Å². The summed E-state index contributed by atoms with van der Waals surface area (Å²) in [7, 11) is 1.90. The molecule has 0 aliphatic rings. The Morgan fingerprint density at radius 2 is 2.00 bits per heavy atom. The first kappa shape index (κ1) is 15.0. The molecule has 8 nitrogen and oxygen atoms in total. The third kappa shape index (κ3) is 4.04. The summed E-state index contributed by atoms with van der Waals surface area (Å²) in [6, 6.07) is 1.99. The van der Waals surface area contributed by atoms with Crippen molar-refractivity contribution in [3.63, 3.8) is 0 Å². The second-order valence-corrected chi connectivity index (χ2v) is 4.65. The Labute approximate surface area is 124 Å². The van der Waals surface area contributed by atoms with Gasteiger partial charge in [-0.3, -0.25) is 4.68 Å². The van der Waals surface area contributed by atoms with E-state index in [9.17, 15) is 0 Å². The van der Waals surface area contributed by atoms with Crippen LogP contribution in [0, 0.1) is 0 Å². The van der Waals surface area contributed by atoms with E-state index in [1.807, 2.05) is 24.2 Å². The van der Waals surface area contributed by atoms with Crippen LogP contribution in [0.25, 0.3) is 0 Å². The van der Waals surface area contributed by atoms with Gasteiger partial charge in [-0.2, -0.15) is 20.1 Å². The zero-order valence-corrected chi connectivity index (χ0v) is 12.7. The number of anilines is 3. The minimum absolute atomic E-state index is 0.229. The maximum Gasteiger partial charge on any atom is 0.231 e.